The molecule has 2 fully saturated rings. The van der Waals surface area contributed by atoms with Gasteiger partial charge < -0.3 is 20.2 Å². The molecule has 0 saturated carbocycles. The first kappa shape index (κ1) is 17.7. The van der Waals surface area contributed by atoms with Gasteiger partial charge in [0.15, 0.2) is 0 Å². The predicted octanol–water partition coefficient (Wildman–Crippen LogP) is -0.0281. The van der Waals surface area contributed by atoms with Gasteiger partial charge in [-0.25, -0.2) is 0 Å². The number of carbonyl (C=O) groups is 2. The van der Waals surface area contributed by atoms with Crippen LogP contribution in [0.2, 0.25) is 0 Å². The van der Waals surface area contributed by atoms with Crippen LogP contribution in [0.25, 0.3) is 0 Å². The molecule has 1 aromatic carbocycles. The lowest BCUT2D eigenvalue weighted by atomic mass is 10.1. The number of rotatable bonds is 4. The van der Waals surface area contributed by atoms with E-state index < -0.39 is 0 Å². The summed E-state index contributed by atoms with van der Waals surface area (Å²) in [6.45, 7) is 6.95. The molecule has 0 atom stereocenters. The van der Waals surface area contributed by atoms with E-state index in [-0.39, 0.29) is 17.6 Å². The second-order valence-corrected chi connectivity index (χ2v) is 6.56. The number of piperazine rings is 2. The average molecular weight is 346 g/mol. The zero-order valence-corrected chi connectivity index (χ0v) is 14.5. The van der Waals surface area contributed by atoms with Crippen molar-refractivity contribution in [3.63, 3.8) is 0 Å². The molecule has 0 aromatic heterocycles. The summed E-state index contributed by atoms with van der Waals surface area (Å²) >= 11 is 0. The van der Waals surface area contributed by atoms with Gasteiger partial charge in [-0.05, 0) is 18.2 Å². The summed E-state index contributed by atoms with van der Waals surface area (Å²) < 4.78 is 0. The largest absolute Gasteiger partial charge is 0.508 e. The first-order valence-electron chi connectivity index (χ1n) is 8.92. The van der Waals surface area contributed by atoms with Gasteiger partial charge in [0.25, 0.3) is 5.91 Å². The quantitative estimate of drug-likeness (QED) is 0.801. The first-order valence-corrected chi connectivity index (χ1v) is 8.92. The van der Waals surface area contributed by atoms with Crippen LogP contribution in [-0.4, -0.2) is 90.5 Å². The van der Waals surface area contributed by atoms with Gasteiger partial charge in [0.1, 0.15) is 5.75 Å². The van der Waals surface area contributed by atoms with Gasteiger partial charge in [0.05, 0.1) is 0 Å². The fourth-order valence-corrected chi connectivity index (χ4v) is 3.32. The van der Waals surface area contributed by atoms with E-state index in [1.165, 1.54) is 6.07 Å². The maximum absolute atomic E-state index is 12.5. The average Bonchev–Trinajstić information content (AvgIpc) is 2.66. The maximum atomic E-state index is 12.5. The number of carbonyl (C=O) groups excluding carboxylic acids is 2. The molecule has 136 valence electrons. The van der Waals surface area contributed by atoms with Crippen LogP contribution in [0.4, 0.5) is 0 Å². The molecule has 0 bridgehead atoms. The minimum atomic E-state index is -0.0487. The molecular formula is C18H26N4O3. The highest BCUT2D eigenvalue weighted by molar-refractivity contribution is 5.94. The van der Waals surface area contributed by atoms with E-state index in [2.05, 4.69) is 10.2 Å². The van der Waals surface area contributed by atoms with Crippen LogP contribution < -0.4 is 5.32 Å². The third-order valence-corrected chi connectivity index (χ3v) is 4.86. The van der Waals surface area contributed by atoms with E-state index in [4.69, 9.17) is 0 Å². The Morgan fingerprint density at radius 3 is 2.40 bits per heavy atom. The number of hydrogen-bond donors (Lipinski definition) is 2. The fourth-order valence-electron chi connectivity index (χ4n) is 3.32. The van der Waals surface area contributed by atoms with Crippen molar-refractivity contribution in [1.82, 2.24) is 20.0 Å². The number of phenolic OH excluding ortho intramolecular Hbond substituents is 1. The van der Waals surface area contributed by atoms with E-state index in [1.54, 1.807) is 18.2 Å². The highest BCUT2D eigenvalue weighted by atomic mass is 16.3. The Bertz CT molecular complexity index is 608. The number of phenols is 1. The van der Waals surface area contributed by atoms with Gasteiger partial charge >= 0.3 is 0 Å². The van der Waals surface area contributed by atoms with Crippen LogP contribution in [-0.2, 0) is 4.79 Å². The molecule has 0 unspecified atom stereocenters. The van der Waals surface area contributed by atoms with Crippen molar-refractivity contribution in [1.29, 1.82) is 0 Å². The summed E-state index contributed by atoms with van der Waals surface area (Å²) in [5.41, 5.74) is 0.516. The third-order valence-electron chi connectivity index (χ3n) is 4.86. The molecule has 0 radical (unpaired) electrons. The van der Waals surface area contributed by atoms with E-state index >= 15 is 0 Å². The van der Waals surface area contributed by atoms with Gasteiger partial charge in [0.2, 0.25) is 5.91 Å². The summed E-state index contributed by atoms with van der Waals surface area (Å²) in [6.07, 6.45) is 0.542. The van der Waals surface area contributed by atoms with Crippen LogP contribution >= 0.6 is 0 Å². The SMILES string of the molecule is O=C(CCN1CCN(C(=O)c2cccc(O)c2)CC1)N1CCNCC1. The molecule has 2 N–H and O–H groups in total. The van der Waals surface area contributed by atoms with Crippen LogP contribution in [0.5, 0.6) is 5.75 Å². The summed E-state index contributed by atoms with van der Waals surface area (Å²) in [5, 5.41) is 12.8. The summed E-state index contributed by atoms with van der Waals surface area (Å²) in [6, 6.07) is 6.46. The van der Waals surface area contributed by atoms with Gasteiger partial charge in [-0.1, -0.05) is 6.07 Å². The number of hydrogen-bond acceptors (Lipinski definition) is 5. The lowest BCUT2D eigenvalue weighted by Gasteiger charge is -2.35. The van der Waals surface area contributed by atoms with Crippen LogP contribution in [0, 0.1) is 0 Å². The molecule has 2 aliphatic heterocycles. The standard InChI is InChI=1S/C18H26N4O3/c23-16-3-1-2-15(14-16)18(25)22-12-10-20(11-13-22)7-4-17(24)21-8-5-19-6-9-21/h1-3,14,19,23H,4-13H2. The van der Waals surface area contributed by atoms with Crippen molar-refractivity contribution in [3.05, 3.63) is 29.8 Å². The Kier molecular flexibility index (Phi) is 5.88. The minimum absolute atomic E-state index is 0.0487. The molecular weight excluding hydrogens is 320 g/mol. The van der Waals surface area contributed by atoms with Crippen LogP contribution in [0.1, 0.15) is 16.8 Å². The van der Waals surface area contributed by atoms with Gasteiger partial charge in [-0.3, -0.25) is 14.5 Å². The Balaban J connectivity index is 1.42. The molecule has 2 aliphatic rings. The Morgan fingerprint density at radius 1 is 1.00 bits per heavy atom. The van der Waals surface area contributed by atoms with Gasteiger partial charge in [0, 0.05) is 70.9 Å². The van der Waals surface area contributed by atoms with Gasteiger partial charge in [-0.15, -0.1) is 0 Å². The van der Waals surface area contributed by atoms with Crippen molar-refractivity contribution in [2.45, 2.75) is 6.42 Å². The predicted molar refractivity (Wildman–Crippen MR) is 94.5 cm³/mol. The number of benzene rings is 1. The number of aromatic hydroxyl groups is 1. The van der Waals surface area contributed by atoms with E-state index in [0.29, 0.717) is 25.1 Å². The van der Waals surface area contributed by atoms with Crippen LogP contribution in [0.15, 0.2) is 24.3 Å². The normalized spacial score (nSPS) is 19.0. The smallest absolute Gasteiger partial charge is 0.254 e. The second-order valence-electron chi connectivity index (χ2n) is 6.56. The zero-order chi connectivity index (χ0) is 17.6. The van der Waals surface area contributed by atoms with Crippen molar-refractivity contribution < 1.29 is 14.7 Å². The Hall–Kier alpha value is -2.12. The lowest BCUT2D eigenvalue weighted by Crippen LogP contribution is -2.50. The minimum Gasteiger partial charge on any atom is -0.508 e. The highest BCUT2D eigenvalue weighted by Crippen LogP contribution is 2.14. The molecule has 2 amide bonds. The summed E-state index contributed by atoms with van der Waals surface area (Å²) in [7, 11) is 0. The number of amides is 2. The van der Waals surface area contributed by atoms with E-state index in [9.17, 15) is 14.7 Å². The monoisotopic (exact) mass is 346 g/mol. The first-order chi connectivity index (χ1) is 12.1. The zero-order valence-electron chi connectivity index (χ0n) is 14.5. The Morgan fingerprint density at radius 2 is 1.72 bits per heavy atom. The molecule has 0 aliphatic carbocycles. The van der Waals surface area contributed by atoms with Gasteiger partial charge in [-0.2, -0.15) is 0 Å². The van der Waals surface area contributed by atoms with E-state index in [0.717, 1.165) is 45.8 Å². The third kappa shape index (κ3) is 4.70. The highest BCUT2D eigenvalue weighted by Gasteiger charge is 2.23. The summed E-state index contributed by atoms with van der Waals surface area (Å²) in [5.74, 6) is 0.281. The Labute approximate surface area is 148 Å². The molecule has 0 spiro atoms. The van der Waals surface area contributed by atoms with Crippen molar-refractivity contribution in [2.75, 3.05) is 58.9 Å². The fraction of sp³-hybridized carbons (Fsp3) is 0.556. The lowest BCUT2D eigenvalue weighted by molar-refractivity contribution is -0.132. The summed E-state index contributed by atoms with van der Waals surface area (Å²) in [4.78, 5) is 30.7. The molecule has 25 heavy (non-hydrogen) atoms. The number of nitrogens with one attached hydrogen (secondary N) is 1. The molecule has 7 heteroatoms. The van der Waals surface area contributed by atoms with Crippen molar-refractivity contribution in [2.24, 2.45) is 0 Å². The van der Waals surface area contributed by atoms with Crippen molar-refractivity contribution >= 4 is 11.8 Å². The second kappa shape index (κ2) is 8.31. The molecule has 2 heterocycles. The topological polar surface area (TPSA) is 76.1 Å². The molecule has 7 nitrogen and oxygen atoms in total. The molecule has 3 rings (SSSR count). The van der Waals surface area contributed by atoms with Crippen molar-refractivity contribution in [3.8, 4) is 5.75 Å². The maximum Gasteiger partial charge on any atom is 0.254 e. The molecule has 1 aromatic rings. The number of nitrogens with zero attached hydrogens (tertiary/aromatic N) is 3. The molecule has 2 saturated heterocycles. The van der Waals surface area contributed by atoms with Crippen LogP contribution in [0.3, 0.4) is 0 Å². The van der Waals surface area contributed by atoms with E-state index in [1.807, 2.05) is 9.80 Å².